The van der Waals surface area contributed by atoms with Crippen LogP contribution in [0.15, 0.2) is 54.6 Å². The number of cyclic esters (lactones) is 1. The topological polar surface area (TPSA) is 117 Å². The minimum atomic E-state index is -0.835. The molecule has 9 heteroatoms. The summed E-state index contributed by atoms with van der Waals surface area (Å²) < 4.78 is 20.5. The molecule has 1 aromatic heterocycles. The molecular weight excluding hydrogens is 523 g/mol. The molecule has 3 heterocycles. The van der Waals surface area contributed by atoms with Gasteiger partial charge in [-0.05, 0) is 63.1 Å². The monoisotopic (exact) mass is 561 g/mol. The van der Waals surface area contributed by atoms with Gasteiger partial charge in [0.1, 0.15) is 18.1 Å². The SMILES string of the molecule is CC1(C)OC(=O)c2cc3cc([N+]4(C(=O)[C@H]5CC[C@H]([C@H](N)CF)CC5)CC[C@@H](c5ccccc5)[C@H]4C(N)=O)ccc3n21. The molecule has 1 saturated carbocycles. The highest BCUT2D eigenvalue weighted by atomic mass is 19.1. The van der Waals surface area contributed by atoms with Gasteiger partial charge < -0.3 is 16.2 Å². The summed E-state index contributed by atoms with van der Waals surface area (Å²) >= 11 is 0. The second kappa shape index (κ2) is 10.1. The quantitative estimate of drug-likeness (QED) is 0.340. The van der Waals surface area contributed by atoms with Crippen LogP contribution in [-0.4, -0.2) is 47.7 Å². The number of likely N-dealkylation sites (tertiary alicyclic amines) is 1. The van der Waals surface area contributed by atoms with Crippen LogP contribution in [0.25, 0.3) is 10.9 Å². The van der Waals surface area contributed by atoms with Gasteiger partial charge in [-0.3, -0.25) is 9.36 Å². The van der Waals surface area contributed by atoms with Gasteiger partial charge in [0.05, 0.1) is 23.9 Å². The van der Waals surface area contributed by atoms with Crippen molar-refractivity contribution in [1.82, 2.24) is 9.05 Å². The lowest BCUT2D eigenvalue weighted by molar-refractivity contribution is -0.141. The Labute approximate surface area is 239 Å². The third-order valence-electron chi connectivity index (χ3n) is 9.80. The number of carbonyl (C=O) groups is 3. The predicted octanol–water partition coefficient (Wildman–Crippen LogP) is 4.48. The summed E-state index contributed by atoms with van der Waals surface area (Å²) in [5, 5.41) is 0.802. The van der Waals surface area contributed by atoms with Crippen molar-refractivity contribution in [2.75, 3.05) is 13.2 Å². The average molecular weight is 562 g/mol. The van der Waals surface area contributed by atoms with Crippen LogP contribution in [0.1, 0.15) is 67.9 Å². The molecule has 0 spiro atoms. The van der Waals surface area contributed by atoms with Crippen molar-refractivity contribution >= 4 is 34.4 Å². The van der Waals surface area contributed by atoms with Gasteiger partial charge in [-0.25, -0.2) is 18.5 Å². The number of ether oxygens (including phenoxy) is 1. The molecule has 2 aliphatic heterocycles. The lowest BCUT2D eigenvalue weighted by Gasteiger charge is -2.41. The summed E-state index contributed by atoms with van der Waals surface area (Å²) in [5.41, 5.74) is 14.3. The smallest absolute Gasteiger partial charge is 0.357 e. The Morgan fingerprint density at radius 3 is 2.44 bits per heavy atom. The van der Waals surface area contributed by atoms with Crippen molar-refractivity contribution in [3.05, 3.63) is 65.9 Å². The van der Waals surface area contributed by atoms with Crippen LogP contribution in [0.5, 0.6) is 0 Å². The minimum absolute atomic E-state index is 0.0228. The summed E-state index contributed by atoms with van der Waals surface area (Å²) in [7, 11) is 0. The number of nitrogens with two attached hydrogens (primary N) is 2. The summed E-state index contributed by atoms with van der Waals surface area (Å²) in [6, 6.07) is 16.0. The van der Waals surface area contributed by atoms with E-state index in [0.29, 0.717) is 50.0 Å². The second-order valence-electron chi connectivity index (χ2n) is 12.5. The molecule has 3 aromatic rings. The van der Waals surface area contributed by atoms with Crippen LogP contribution >= 0.6 is 0 Å². The fraction of sp³-hybridized carbons (Fsp3) is 0.469. The number of halogens is 1. The number of amides is 2. The van der Waals surface area contributed by atoms with Gasteiger partial charge >= 0.3 is 11.9 Å². The van der Waals surface area contributed by atoms with E-state index >= 15 is 0 Å². The summed E-state index contributed by atoms with van der Waals surface area (Å²) in [6.45, 7) is 3.54. The zero-order chi connectivity index (χ0) is 29.1. The first-order valence-corrected chi connectivity index (χ1v) is 14.6. The number of aromatic nitrogens is 1. The molecule has 4 atom stereocenters. The van der Waals surface area contributed by atoms with E-state index in [1.165, 1.54) is 0 Å². The van der Waals surface area contributed by atoms with Crippen molar-refractivity contribution in [1.29, 1.82) is 0 Å². The molecule has 3 aliphatic rings. The van der Waals surface area contributed by atoms with Crippen molar-refractivity contribution in [2.24, 2.45) is 23.3 Å². The molecule has 1 unspecified atom stereocenters. The van der Waals surface area contributed by atoms with Crippen molar-refractivity contribution in [2.45, 2.75) is 69.7 Å². The van der Waals surface area contributed by atoms with E-state index in [1.807, 2.05) is 66.9 Å². The maximum absolute atomic E-state index is 14.8. The Kier molecular flexibility index (Phi) is 6.77. The number of quaternary nitrogens is 1. The highest BCUT2D eigenvalue weighted by Gasteiger charge is 2.59. The number of carbonyl (C=O) groups excluding carboxylic acids is 3. The summed E-state index contributed by atoms with van der Waals surface area (Å²) in [6.07, 6.45) is 3.17. The molecule has 2 amide bonds. The maximum Gasteiger partial charge on any atom is 0.357 e. The van der Waals surface area contributed by atoms with Crippen LogP contribution < -0.4 is 16.0 Å². The van der Waals surface area contributed by atoms with Crippen LogP contribution in [0.3, 0.4) is 0 Å². The Morgan fingerprint density at radius 1 is 1.07 bits per heavy atom. The lowest BCUT2D eigenvalue weighted by Crippen LogP contribution is -2.64. The maximum atomic E-state index is 14.8. The second-order valence-corrected chi connectivity index (χ2v) is 12.5. The highest BCUT2D eigenvalue weighted by molar-refractivity contribution is 6.02. The zero-order valence-corrected chi connectivity index (χ0v) is 23.6. The first kappa shape index (κ1) is 27.6. The van der Waals surface area contributed by atoms with E-state index in [0.717, 1.165) is 16.5 Å². The van der Waals surface area contributed by atoms with E-state index in [1.54, 1.807) is 6.07 Å². The Hall–Kier alpha value is -3.56. The Balaban J connectivity index is 1.47. The predicted molar refractivity (Wildman–Crippen MR) is 155 cm³/mol. The minimum Gasteiger partial charge on any atom is -0.434 e. The Morgan fingerprint density at radius 2 is 1.78 bits per heavy atom. The molecule has 0 radical (unpaired) electrons. The number of benzene rings is 2. The van der Waals surface area contributed by atoms with Gasteiger partial charge in [0.2, 0.25) is 0 Å². The number of alkyl halides is 1. The average Bonchev–Trinajstić information content (AvgIpc) is 3.63. The molecule has 1 saturated heterocycles. The summed E-state index contributed by atoms with van der Waals surface area (Å²) in [5.74, 6) is -1.40. The normalized spacial score (nSPS) is 29.7. The largest absolute Gasteiger partial charge is 0.434 e. The fourth-order valence-electron chi connectivity index (χ4n) is 7.83. The third-order valence-corrected chi connectivity index (χ3v) is 9.80. The number of primary amides is 1. The molecule has 41 heavy (non-hydrogen) atoms. The highest BCUT2D eigenvalue weighted by Crippen LogP contribution is 2.47. The van der Waals surface area contributed by atoms with Crippen LogP contribution in [0.2, 0.25) is 0 Å². The molecule has 8 nitrogen and oxygen atoms in total. The number of hydrogen-bond donors (Lipinski definition) is 2. The zero-order valence-electron chi connectivity index (χ0n) is 23.6. The number of fused-ring (bicyclic) bond motifs is 3. The molecule has 1 aliphatic carbocycles. The van der Waals surface area contributed by atoms with E-state index in [-0.39, 0.29) is 28.1 Å². The van der Waals surface area contributed by atoms with E-state index < -0.39 is 36.4 Å². The lowest BCUT2D eigenvalue weighted by atomic mass is 9.77. The molecule has 2 aromatic carbocycles. The van der Waals surface area contributed by atoms with Gasteiger partial charge in [-0.15, -0.1) is 0 Å². The van der Waals surface area contributed by atoms with Crippen LogP contribution in [0.4, 0.5) is 10.1 Å². The molecule has 6 rings (SSSR count). The molecular formula is C32H38FN4O4+. The van der Waals surface area contributed by atoms with Gasteiger partial charge in [0, 0.05) is 30.0 Å². The van der Waals surface area contributed by atoms with Crippen LogP contribution in [0, 0.1) is 11.8 Å². The van der Waals surface area contributed by atoms with Crippen molar-refractivity contribution < 1.29 is 23.5 Å². The number of nitrogens with zero attached hydrogens (tertiary/aromatic N) is 2. The van der Waals surface area contributed by atoms with E-state index in [9.17, 15) is 18.8 Å². The summed E-state index contributed by atoms with van der Waals surface area (Å²) in [4.78, 5) is 40.8. The van der Waals surface area contributed by atoms with Crippen LogP contribution in [-0.2, 0) is 20.1 Å². The molecule has 2 fully saturated rings. The molecule has 4 N–H and O–H groups in total. The number of esters is 1. The molecule has 0 bridgehead atoms. The van der Waals surface area contributed by atoms with Gasteiger partial charge in [-0.1, -0.05) is 30.3 Å². The molecule has 216 valence electrons. The Bertz CT molecular complexity index is 1510. The van der Waals surface area contributed by atoms with E-state index in [2.05, 4.69) is 0 Å². The third kappa shape index (κ3) is 4.28. The standard InChI is InChI=1S/C32H37FN4O4/c1-32(2)36-26-13-12-23(16-22(26)17-27(36)31(40)41-32)37(30(39)21-10-8-20(9-11-21)25(34)18-33)15-14-24(28(37)29(35)38)19-6-4-3-5-7-19/h3-7,12-13,16-17,20-21,24-25,28H,8-11,14-15,18,34H2,1-2H3,(H-,35,38)/p+1/t20-,21-,24-,25+,28-,37?/m0/s1. The van der Waals surface area contributed by atoms with Crippen molar-refractivity contribution in [3.63, 3.8) is 0 Å². The fourth-order valence-corrected chi connectivity index (χ4v) is 7.83. The van der Waals surface area contributed by atoms with Crippen molar-refractivity contribution in [3.8, 4) is 0 Å². The first-order valence-electron chi connectivity index (χ1n) is 14.6. The van der Waals surface area contributed by atoms with Gasteiger partial charge in [0.15, 0.2) is 11.8 Å². The number of rotatable bonds is 6. The van der Waals surface area contributed by atoms with Gasteiger partial charge in [0.25, 0.3) is 5.91 Å². The first-order chi connectivity index (χ1) is 19.6. The van der Waals surface area contributed by atoms with Gasteiger partial charge in [-0.2, -0.15) is 0 Å². The van der Waals surface area contributed by atoms with E-state index in [4.69, 9.17) is 16.2 Å². The number of hydrogen-bond acceptors (Lipinski definition) is 5.